The zero-order valence-electron chi connectivity index (χ0n) is 15.3. The van der Waals surface area contributed by atoms with Crippen LogP contribution in [0.3, 0.4) is 0 Å². The number of morpholine rings is 1. The number of furan rings is 1. The lowest BCUT2D eigenvalue weighted by molar-refractivity contribution is -0.00925. The molecule has 4 rings (SSSR count). The number of aromatic nitrogens is 1. The van der Waals surface area contributed by atoms with Crippen LogP contribution in [0, 0.1) is 5.82 Å². The highest BCUT2D eigenvalue weighted by atomic mass is 19.1. The molecule has 0 aliphatic carbocycles. The van der Waals surface area contributed by atoms with Gasteiger partial charge in [0.25, 0.3) is 5.91 Å². The largest absolute Gasteiger partial charge is 0.496 e. The van der Waals surface area contributed by atoms with E-state index in [4.69, 9.17) is 13.9 Å². The van der Waals surface area contributed by atoms with E-state index in [-0.39, 0.29) is 17.5 Å². The standard InChI is InChI=1S/C20H21FN2O4/c1-3-12-4-6-18(27-12)16-11-26-9-8-23(16)20(24)15-10-13-17(25-2)7-5-14(21)19(13)22-15/h4-7,10,16,22H,3,8-9,11H2,1-2H3. The van der Waals surface area contributed by atoms with E-state index in [1.54, 1.807) is 17.0 Å². The second-order valence-electron chi connectivity index (χ2n) is 6.47. The minimum Gasteiger partial charge on any atom is -0.496 e. The molecule has 0 spiro atoms. The Balaban J connectivity index is 1.69. The predicted molar refractivity (Wildman–Crippen MR) is 97.5 cm³/mol. The molecular weight excluding hydrogens is 351 g/mol. The van der Waals surface area contributed by atoms with Gasteiger partial charge in [-0.1, -0.05) is 6.92 Å². The number of hydrogen-bond acceptors (Lipinski definition) is 4. The number of H-pyrrole nitrogens is 1. The van der Waals surface area contributed by atoms with Crippen molar-refractivity contribution >= 4 is 16.8 Å². The lowest BCUT2D eigenvalue weighted by atomic mass is 10.1. The lowest BCUT2D eigenvalue weighted by Crippen LogP contribution is -2.43. The van der Waals surface area contributed by atoms with Gasteiger partial charge in [-0.3, -0.25) is 4.79 Å². The third kappa shape index (κ3) is 3.08. The molecule has 1 unspecified atom stereocenters. The molecule has 1 aliphatic rings. The van der Waals surface area contributed by atoms with Crippen LogP contribution in [0.15, 0.2) is 34.7 Å². The van der Waals surface area contributed by atoms with Crippen LogP contribution < -0.4 is 4.74 Å². The first-order chi connectivity index (χ1) is 13.1. The first-order valence-electron chi connectivity index (χ1n) is 8.95. The lowest BCUT2D eigenvalue weighted by Gasteiger charge is -2.34. The maximum absolute atomic E-state index is 14.2. The molecule has 2 aromatic heterocycles. The van der Waals surface area contributed by atoms with E-state index in [2.05, 4.69) is 4.98 Å². The van der Waals surface area contributed by atoms with Gasteiger partial charge in [0.05, 0.1) is 25.8 Å². The van der Waals surface area contributed by atoms with Gasteiger partial charge < -0.3 is 23.8 Å². The summed E-state index contributed by atoms with van der Waals surface area (Å²) in [6.07, 6.45) is 0.780. The molecule has 142 valence electrons. The fourth-order valence-corrected chi connectivity index (χ4v) is 3.45. The Kier molecular flexibility index (Phi) is 4.61. The number of nitrogens with one attached hydrogen (secondary N) is 1. The van der Waals surface area contributed by atoms with E-state index in [0.29, 0.717) is 42.3 Å². The van der Waals surface area contributed by atoms with Crippen LogP contribution in [0.5, 0.6) is 5.75 Å². The summed E-state index contributed by atoms with van der Waals surface area (Å²) < 4.78 is 30.8. The number of ether oxygens (including phenoxy) is 2. The van der Waals surface area contributed by atoms with Crippen molar-refractivity contribution in [2.75, 3.05) is 26.9 Å². The van der Waals surface area contributed by atoms with Crippen LogP contribution >= 0.6 is 0 Å². The van der Waals surface area contributed by atoms with E-state index in [1.165, 1.54) is 13.2 Å². The van der Waals surface area contributed by atoms with Crippen LogP contribution in [0.1, 0.15) is 35.0 Å². The fourth-order valence-electron chi connectivity index (χ4n) is 3.45. The zero-order valence-corrected chi connectivity index (χ0v) is 15.3. The molecule has 0 radical (unpaired) electrons. The summed E-state index contributed by atoms with van der Waals surface area (Å²) in [7, 11) is 1.52. The van der Waals surface area contributed by atoms with Gasteiger partial charge in [-0.2, -0.15) is 0 Å². The average molecular weight is 372 g/mol. The van der Waals surface area contributed by atoms with Crippen LogP contribution in [0.2, 0.25) is 0 Å². The van der Waals surface area contributed by atoms with Crippen LogP contribution in [0.25, 0.3) is 10.9 Å². The van der Waals surface area contributed by atoms with E-state index in [1.807, 2.05) is 19.1 Å². The monoisotopic (exact) mass is 372 g/mol. The Morgan fingerprint density at radius 3 is 2.96 bits per heavy atom. The van der Waals surface area contributed by atoms with E-state index in [9.17, 15) is 9.18 Å². The molecular formula is C20H21FN2O4. The molecule has 1 saturated heterocycles. The second kappa shape index (κ2) is 7.08. The van der Waals surface area contributed by atoms with Crippen molar-refractivity contribution in [2.24, 2.45) is 0 Å². The number of carbonyl (C=O) groups excluding carboxylic acids is 1. The predicted octanol–water partition coefficient (Wildman–Crippen LogP) is 3.68. The van der Waals surface area contributed by atoms with Crippen LogP contribution in [0.4, 0.5) is 4.39 Å². The summed E-state index contributed by atoms with van der Waals surface area (Å²) in [5.41, 5.74) is 0.566. The highest BCUT2D eigenvalue weighted by Crippen LogP contribution is 2.31. The molecule has 6 nitrogen and oxygen atoms in total. The SMILES string of the molecule is CCc1ccc(C2COCCN2C(=O)c2cc3c(OC)ccc(F)c3[nH]2)o1. The molecule has 3 heterocycles. The Hall–Kier alpha value is -2.80. The molecule has 1 fully saturated rings. The summed E-state index contributed by atoms with van der Waals surface area (Å²) in [6, 6.07) is 7.98. The fraction of sp³-hybridized carbons (Fsp3) is 0.350. The molecule has 1 N–H and O–H groups in total. The van der Waals surface area contributed by atoms with Gasteiger partial charge in [-0.25, -0.2) is 4.39 Å². The van der Waals surface area contributed by atoms with E-state index in [0.717, 1.165) is 12.2 Å². The van der Waals surface area contributed by atoms with Gasteiger partial charge in [0.1, 0.15) is 34.8 Å². The summed E-state index contributed by atoms with van der Waals surface area (Å²) in [5, 5.41) is 0.539. The number of methoxy groups -OCH3 is 1. The number of aromatic amines is 1. The maximum Gasteiger partial charge on any atom is 0.271 e. The Bertz CT molecular complexity index is 978. The van der Waals surface area contributed by atoms with Gasteiger partial charge in [-0.05, 0) is 30.3 Å². The number of aryl methyl sites for hydroxylation is 1. The van der Waals surface area contributed by atoms with Gasteiger partial charge >= 0.3 is 0 Å². The molecule has 1 amide bonds. The third-order valence-corrected chi connectivity index (χ3v) is 4.90. The minimum absolute atomic E-state index is 0.226. The van der Waals surface area contributed by atoms with Crippen molar-refractivity contribution in [3.05, 3.63) is 53.4 Å². The Morgan fingerprint density at radius 2 is 2.22 bits per heavy atom. The first kappa shape index (κ1) is 17.6. The quantitative estimate of drug-likeness (QED) is 0.759. The van der Waals surface area contributed by atoms with Crippen molar-refractivity contribution in [1.82, 2.24) is 9.88 Å². The Labute approximate surface area is 155 Å². The number of nitrogens with zero attached hydrogens (tertiary/aromatic N) is 1. The average Bonchev–Trinajstić information content (AvgIpc) is 3.35. The number of carbonyl (C=O) groups is 1. The molecule has 0 bridgehead atoms. The van der Waals surface area contributed by atoms with Gasteiger partial charge in [0.15, 0.2) is 0 Å². The van der Waals surface area contributed by atoms with Crippen molar-refractivity contribution < 1.29 is 23.1 Å². The number of fused-ring (bicyclic) bond motifs is 1. The normalized spacial score (nSPS) is 17.4. The van der Waals surface area contributed by atoms with E-state index >= 15 is 0 Å². The molecule has 1 aromatic carbocycles. The number of halogens is 1. The molecule has 1 atom stereocenters. The molecule has 27 heavy (non-hydrogen) atoms. The molecule has 1 aliphatic heterocycles. The molecule has 3 aromatic rings. The summed E-state index contributed by atoms with van der Waals surface area (Å²) in [6.45, 7) is 3.25. The molecule has 7 heteroatoms. The summed E-state index contributed by atoms with van der Waals surface area (Å²) in [5.74, 6) is 1.41. The van der Waals surface area contributed by atoms with Crippen molar-refractivity contribution in [3.8, 4) is 5.75 Å². The highest BCUT2D eigenvalue weighted by Gasteiger charge is 2.32. The maximum atomic E-state index is 14.2. The second-order valence-corrected chi connectivity index (χ2v) is 6.47. The van der Waals surface area contributed by atoms with Gasteiger partial charge in [-0.15, -0.1) is 0 Å². The van der Waals surface area contributed by atoms with Crippen LogP contribution in [-0.2, 0) is 11.2 Å². The van der Waals surface area contributed by atoms with Crippen molar-refractivity contribution in [3.63, 3.8) is 0 Å². The number of amides is 1. The number of rotatable bonds is 4. The van der Waals surface area contributed by atoms with Gasteiger partial charge in [0, 0.05) is 18.4 Å². The molecule has 0 saturated carbocycles. The van der Waals surface area contributed by atoms with E-state index < -0.39 is 5.82 Å². The summed E-state index contributed by atoms with van der Waals surface area (Å²) >= 11 is 0. The van der Waals surface area contributed by atoms with Crippen molar-refractivity contribution in [2.45, 2.75) is 19.4 Å². The summed E-state index contributed by atoms with van der Waals surface area (Å²) in [4.78, 5) is 17.8. The highest BCUT2D eigenvalue weighted by molar-refractivity contribution is 6.00. The zero-order chi connectivity index (χ0) is 19.0. The minimum atomic E-state index is -0.429. The number of hydrogen-bond donors (Lipinski definition) is 1. The topological polar surface area (TPSA) is 67.7 Å². The number of benzene rings is 1. The first-order valence-corrected chi connectivity index (χ1v) is 8.95. The van der Waals surface area contributed by atoms with Crippen molar-refractivity contribution in [1.29, 1.82) is 0 Å². The smallest absolute Gasteiger partial charge is 0.271 e. The van der Waals surface area contributed by atoms with Gasteiger partial charge in [0.2, 0.25) is 0 Å². The third-order valence-electron chi connectivity index (χ3n) is 4.90. The Morgan fingerprint density at radius 1 is 1.37 bits per heavy atom. The van der Waals surface area contributed by atoms with Crippen LogP contribution in [-0.4, -0.2) is 42.7 Å².